The molecule has 0 aromatic heterocycles. The first-order valence-electron chi connectivity index (χ1n) is 5.35. The van der Waals surface area contributed by atoms with Gasteiger partial charge in [-0.2, -0.15) is 0 Å². The van der Waals surface area contributed by atoms with Gasteiger partial charge in [0.2, 0.25) is 5.39 Å². The summed E-state index contributed by atoms with van der Waals surface area (Å²) >= 11 is 0. The smallest absolute Gasteiger partial charge is 0.385 e. The summed E-state index contributed by atoms with van der Waals surface area (Å²) in [6.07, 6.45) is 6.74. The zero-order valence-electron chi connectivity index (χ0n) is 8.69. The molecule has 1 aromatic rings. The lowest BCUT2D eigenvalue weighted by molar-refractivity contribution is -0.00000311. The quantitative estimate of drug-likeness (QED) is 0.657. The van der Waals surface area contributed by atoms with Crippen molar-refractivity contribution in [2.75, 3.05) is 0 Å². The summed E-state index contributed by atoms with van der Waals surface area (Å²) in [7, 11) is 0. The Labute approximate surface area is 96.7 Å². The molecule has 0 spiro atoms. The summed E-state index contributed by atoms with van der Waals surface area (Å²) < 4.78 is 0. The summed E-state index contributed by atoms with van der Waals surface area (Å²) in [6, 6.07) is 7.93. The van der Waals surface area contributed by atoms with Crippen molar-refractivity contribution < 1.29 is 12.4 Å². The monoisotopic (exact) mass is 222 g/mol. The molecule has 3 heteroatoms. The predicted molar refractivity (Wildman–Crippen MR) is 57.0 cm³/mol. The van der Waals surface area contributed by atoms with Crippen molar-refractivity contribution in [3.8, 4) is 0 Å². The van der Waals surface area contributed by atoms with E-state index in [0.717, 1.165) is 5.92 Å². The Hall–Kier alpha value is -1.07. The van der Waals surface area contributed by atoms with Crippen molar-refractivity contribution in [2.45, 2.75) is 38.0 Å². The lowest BCUT2D eigenvalue weighted by Gasteiger charge is -2.21. The molecule has 0 heterocycles. The van der Waals surface area contributed by atoms with Gasteiger partial charge in [-0.25, -0.2) is 0 Å². The molecule has 1 aromatic carbocycles. The fourth-order valence-electron chi connectivity index (χ4n) is 2.25. The summed E-state index contributed by atoms with van der Waals surface area (Å²) in [5, 5.41) is 8.56. The molecule has 0 unspecified atom stereocenters. The van der Waals surface area contributed by atoms with Crippen LogP contribution in [-0.4, -0.2) is 0 Å². The Morgan fingerprint density at radius 3 is 2.13 bits per heavy atom. The highest BCUT2D eigenvalue weighted by molar-refractivity contribution is 5.45. The summed E-state index contributed by atoms with van der Waals surface area (Å²) in [4.78, 5) is 3.16. The minimum absolute atomic E-state index is 0. The molecule has 0 amide bonds. The second-order valence-electron chi connectivity index (χ2n) is 4.03. The van der Waals surface area contributed by atoms with E-state index in [-0.39, 0.29) is 12.4 Å². The van der Waals surface area contributed by atoms with E-state index in [9.17, 15) is 0 Å². The number of diazo groups is 1. The molecule has 2 rings (SSSR count). The first kappa shape index (κ1) is 12.0. The van der Waals surface area contributed by atoms with Crippen LogP contribution in [0.3, 0.4) is 0 Å². The zero-order valence-corrected chi connectivity index (χ0v) is 9.45. The van der Waals surface area contributed by atoms with E-state index in [0.29, 0.717) is 5.69 Å². The van der Waals surface area contributed by atoms with E-state index >= 15 is 0 Å². The molecule has 0 radical (unpaired) electrons. The molecule has 1 fully saturated rings. The van der Waals surface area contributed by atoms with Crippen LogP contribution in [0.1, 0.15) is 43.6 Å². The van der Waals surface area contributed by atoms with Gasteiger partial charge < -0.3 is 12.4 Å². The summed E-state index contributed by atoms with van der Waals surface area (Å²) in [5.74, 6) is 0.733. The van der Waals surface area contributed by atoms with E-state index in [4.69, 9.17) is 5.39 Å². The molecule has 0 N–H and O–H groups in total. The van der Waals surface area contributed by atoms with Crippen molar-refractivity contribution in [2.24, 2.45) is 0 Å². The SMILES string of the molecule is N#[N+]c1ccc(C2CCCCC2)cc1.[Cl-]. The lowest BCUT2D eigenvalue weighted by atomic mass is 9.84. The zero-order chi connectivity index (χ0) is 9.80. The number of rotatable bonds is 1. The van der Waals surface area contributed by atoms with Crippen LogP contribution in [0.4, 0.5) is 5.69 Å². The van der Waals surface area contributed by atoms with E-state index in [1.807, 2.05) is 12.1 Å². The first-order valence-corrected chi connectivity index (χ1v) is 5.35. The number of hydrogen-bond acceptors (Lipinski definition) is 1. The van der Waals surface area contributed by atoms with Gasteiger partial charge in [0.15, 0.2) is 4.98 Å². The van der Waals surface area contributed by atoms with Crippen LogP contribution < -0.4 is 12.4 Å². The van der Waals surface area contributed by atoms with Crippen molar-refractivity contribution in [1.29, 1.82) is 5.39 Å². The highest BCUT2D eigenvalue weighted by atomic mass is 35.5. The van der Waals surface area contributed by atoms with Crippen molar-refractivity contribution in [1.82, 2.24) is 0 Å². The number of hydrogen-bond donors (Lipinski definition) is 0. The summed E-state index contributed by atoms with van der Waals surface area (Å²) in [5.41, 5.74) is 2.04. The number of benzene rings is 1. The normalized spacial score (nSPS) is 16.5. The van der Waals surface area contributed by atoms with Gasteiger partial charge in [-0.1, -0.05) is 31.4 Å². The first-order chi connectivity index (χ1) is 6.90. The van der Waals surface area contributed by atoms with Crippen molar-refractivity contribution in [3.63, 3.8) is 0 Å². The molecule has 0 atom stereocenters. The maximum Gasteiger partial charge on any atom is 0.385 e. The van der Waals surface area contributed by atoms with Gasteiger partial charge in [0.1, 0.15) is 0 Å². The Kier molecular flexibility index (Phi) is 4.58. The van der Waals surface area contributed by atoms with E-state index in [2.05, 4.69) is 17.1 Å². The average Bonchev–Trinajstić information content (AvgIpc) is 2.30. The van der Waals surface area contributed by atoms with Crippen molar-refractivity contribution in [3.05, 3.63) is 34.8 Å². The second kappa shape index (κ2) is 5.72. The summed E-state index contributed by atoms with van der Waals surface area (Å²) in [6.45, 7) is 0. The van der Waals surface area contributed by atoms with Crippen LogP contribution in [0.2, 0.25) is 0 Å². The fraction of sp³-hybridized carbons (Fsp3) is 0.500. The van der Waals surface area contributed by atoms with Crippen LogP contribution >= 0.6 is 0 Å². The van der Waals surface area contributed by atoms with Crippen LogP contribution in [0.25, 0.3) is 4.98 Å². The third-order valence-corrected chi connectivity index (χ3v) is 3.09. The topological polar surface area (TPSA) is 28.1 Å². The molecule has 0 aliphatic heterocycles. The predicted octanol–water partition coefficient (Wildman–Crippen LogP) is 1.22. The van der Waals surface area contributed by atoms with Crippen LogP contribution in [0, 0.1) is 5.39 Å². The van der Waals surface area contributed by atoms with Crippen LogP contribution in [-0.2, 0) is 0 Å². The second-order valence-corrected chi connectivity index (χ2v) is 4.03. The Bertz CT molecular complexity index is 334. The molecule has 2 nitrogen and oxygen atoms in total. The van der Waals surface area contributed by atoms with E-state index in [1.165, 1.54) is 37.7 Å². The molecule has 80 valence electrons. The Morgan fingerprint density at radius 1 is 1.00 bits per heavy atom. The standard InChI is InChI=1S/C12H15N2.ClH/c13-14-12-8-6-11(7-9-12)10-4-2-1-3-5-10;/h6-10H,1-5H2;1H/q+1;/p-1. The highest BCUT2D eigenvalue weighted by Gasteiger charge is 2.16. The molecule has 1 aliphatic carbocycles. The molecular formula is C12H15ClN2. The molecule has 0 bridgehead atoms. The Morgan fingerprint density at radius 2 is 1.60 bits per heavy atom. The molecular weight excluding hydrogens is 208 g/mol. The molecule has 15 heavy (non-hydrogen) atoms. The van der Waals surface area contributed by atoms with Gasteiger partial charge in [-0.3, -0.25) is 0 Å². The van der Waals surface area contributed by atoms with E-state index in [1.54, 1.807) is 0 Å². The largest absolute Gasteiger partial charge is 1.00 e. The maximum atomic E-state index is 8.56. The average molecular weight is 223 g/mol. The van der Waals surface area contributed by atoms with Gasteiger partial charge >= 0.3 is 5.69 Å². The van der Waals surface area contributed by atoms with Gasteiger partial charge in [-0.15, -0.1) is 0 Å². The third-order valence-electron chi connectivity index (χ3n) is 3.09. The fourth-order valence-corrected chi connectivity index (χ4v) is 2.25. The third kappa shape index (κ3) is 2.94. The van der Waals surface area contributed by atoms with E-state index < -0.39 is 0 Å². The number of halogens is 1. The van der Waals surface area contributed by atoms with Crippen LogP contribution in [0.5, 0.6) is 0 Å². The van der Waals surface area contributed by atoms with Crippen LogP contribution in [0.15, 0.2) is 24.3 Å². The van der Waals surface area contributed by atoms with Gasteiger partial charge in [-0.05, 0) is 24.3 Å². The molecule has 1 saturated carbocycles. The van der Waals surface area contributed by atoms with Gasteiger partial charge in [0.25, 0.3) is 0 Å². The minimum Gasteiger partial charge on any atom is -1.00 e. The molecule has 1 aliphatic rings. The van der Waals surface area contributed by atoms with Gasteiger partial charge in [0, 0.05) is 12.1 Å². The Balaban J connectivity index is 0.00000112. The minimum atomic E-state index is 0. The molecule has 0 saturated heterocycles. The number of nitrogens with zero attached hydrogens (tertiary/aromatic N) is 2. The highest BCUT2D eigenvalue weighted by Crippen LogP contribution is 2.33. The lowest BCUT2D eigenvalue weighted by Crippen LogP contribution is -3.00. The van der Waals surface area contributed by atoms with Crippen molar-refractivity contribution >= 4 is 5.69 Å². The maximum absolute atomic E-state index is 8.56. The van der Waals surface area contributed by atoms with Gasteiger partial charge in [0.05, 0.1) is 0 Å².